The Balaban J connectivity index is 1.53. The summed E-state index contributed by atoms with van der Waals surface area (Å²) in [6.07, 6.45) is 6.95. The highest BCUT2D eigenvalue weighted by atomic mass is 15.1. The zero-order chi connectivity index (χ0) is 22.8. The van der Waals surface area contributed by atoms with Gasteiger partial charge in [-0.2, -0.15) is 0 Å². The van der Waals surface area contributed by atoms with Gasteiger partial charge >= 0.3 is 0 Å². The minimum atomic E-state index is 0.247. The van der Waals surface area contributed by atoms with Crippen molar-refractivity contribution < 1.29 is 0 Å². The van der Waals surface area contributed by atoms with Crippen molar-refractivity contribution in [2.45, 2.75) is 32.9 Å². The molecule has 0 spiro atoms. The van der Waals surface area contributed by atoms with E-state index in [1.807, 2.05) is 25.5 Å². The van der Waals surface area contributed by atoms with E-state index in [2.05, 4.69) is 82.2 Å². The summed E-state index contributed by atoms with van der Waals surface area (Å²) in [5, 5.41) is 0. The van der Waals surface area contributed by atoms with Crippen LogP contribution < -0.4 is 5.73 Å². The van der Waals surface area contributed by atoms with Crippen molar-refractivity contribution in [1.82, 2.24) is 19.4 Å². The van der Waals surface area contributed by atoms with Crippen molar-refractivity contribution in [2.24, 2.45) is 11.7 Å². The number of hydrogen-bond acceptors (Lipinski definition) is 4. The molecule has 168 valence electrons. The smallest absolute Gasteiger partial charge is 0.0995 e. The summed E-state index contributed by atoms with van der Waals surface area (Å²) in [7, 11) is 0. The second-order valence-corrected chi connectivity index (χ2v) is 9.40. The van der Waals surface area contributed by atoms with Crippen molar-refractivity contribution in [3.63, 3.8) is 0 Å². The Morgan fingerprint density at radius 2 is 1.79 bits per heavy atom. The first-order valence-corrected chi connectivity index (χ1v) is 11.7. The fraction of sp³-hybridized carbons (Fsp3) is 0.286. The molecule has 1 saturated heterocycles. The van der Waals surface area contributed by atoms with Gasteiger partial charge in [-0.1, -0.05) is 37.3 Å². The Labute approximate surface area is 195 Å². The summed E-state index contributed by atoms with van der Waals surface area (Å²) < 4.78 is 2.09. The largest absolute Gasteiger partial charge is 0.327 e. The average molecular weight is 438 g/mol. The van der Waals surface area contributed by atoms with Gasteiger partial charge in [0.25, 0.3) is 0 Å². The topological polar surface area (TPSA) is 60.0 Å². The number of rotatable bonds is 5. The lowest BCUT2D eigenvalue weighted by Gasteiger charge is -2.34. The molecule has 3 heterocycles. The van der Waals surface area contributed by atoms with Gasteiger partial charge < -0.3 is 10.3 Å². The number of pyridine rings is 1. The van der Waals surface area contributed by atoms with E-state index in [1.54, 1.807) is 0 Å². The Bertz CT molecular complexity index is 1220. The molecule has 4 aromatic rings. The van der Waals surface area contributed by atoms with Gasteiger partial charge in [0.2, 0.25) is 0 Å². The highest BCUT2D eigenvalue weighted by Gasteiger charge is 2.22. The van der Waals surface area contributed by atoms with Crippen molar-refractivity contribution in [2.75, 3.05) is 13.1 Å². The van der Waals surface area contributed by atoms with Crippen LogP contribution in [-0.2, 0) is 6.54 Å². The third-order valence-corrected chi connectivity index (χ3v) is 6.32. The normalized spacial score (nSPS) is 19.0. The molecule has 0 amide bonds. The molecule has 5 heteroatoms. The molecule has 1 aliphatic rings. The zero-order valence-corrected chi connectivity index (χ0v) is 19.4. The van der Waals surface area contributed by atoms with Gasteiger partial charge in [0, 0.05) is 49.3 Å². The van der Waals surface area contributed by atoms with Gasteiger partial charge in [-0.3, -0.25) is 9.88 Å². The molecule has 2 aromatic carbocycles. The molecule has 1 aliphatic heterocycles. The summed E-state index contributed by atoms with van der Waals surface area (Å²) in [4.78, 5) is 11.6. The summed E-state index contributed by atoms with van der Waals surface area (Å²) in [5.74, 6) is 0.622. The molecular formula is C28H31N5. The number of aryl methyl sites for hydroxylation is 1. The van der Waals surface area contributed by atoms with Crippen LogP contribution in [0, 0.1) is 12.8 Å². The first-order chi connectivity index (χ1) is 16.0. The minimum Gasteiger partial charge on any atom is -0.327 e. The van der Waals surface area contributed by atoms with Crippen LogP contribution in [0.15, 0.2) is 79.4 Å². The number of aromatic nitrogens is 3. The lowest BCUT2D eigenvalue weighted by atomic mass is 9.95. The van der Waals surface area contributed by atoms with Gasteiger partial charge in [-0.05, 0) is 66.3 Å². The molecular weight excluding hydrogens is 406 g/mol. The monoisotopic (exact) mass is 437 g/mol. The molecule has 1 fully saturated rings. The van der Waals surface area contributed by atoms with Gasteiger partial charge in [0.15, 0.2) is 0 Å². The molecule has 5 nitrogen and oxygen atoms in total. The van der Waals surface area contributed by atoms with Crippen LogP contribution in [0.5, 0.6) is 0 Å². The minimum absolute atomic E-state index is 0.247. The SMILES string of the molecule is Cc1cn(-c2cc(CN3CC(C)CC(N)C3)cc(-c3cc(-c4ccccc4)ccn3)c2)cn1. The lowest BCUT2D eigenvalue weighted by molar-refractivity contribution is 0.158. The molecule has 2 atom stereocenters. The first kappa shape index (κ1) is 21.6. The second-order valence-electron chi connectivity index (χ2n) is 9.40. The summed E-state index contributed by atoms with van der Waals surface area (Å²) in [6.45, 7) is 7.21. The van der Waals surface area contributed by atoms with E-state index in [0.717, 1.165) is 48.7 Å². The summed E-state index contributed by atoms with van der Waals surface area (Å²) in [6, 6.07) is 21.7. The van der Waals surface area contributed by atoms with Crippen molar-refractivity contribution in [3.05, 3.63) is 90.6 Å². The van der Waals surface area contributed by atoms with E-state index in [4.69, 9.17) is 10.7 Å². The molecule has 2 unspecified atom stereocenters. The average Bonchev–Trinajstić information content (AvgIpc) is 3.25. The Morgan fingerprint density at radius 1 is 0.939 bits per heavy atom. The maximum atomic E-state index is 6.32. The van der Waals surface area contributed by atoms with E-state index >= 15 is 0 Å². The second kappa shape index (κ2) is 9.30. The van der Waals surface area contributed by atoms with Crippen LogP contribution in [0.4, 0.5) is 0 Å². The molecule has 0 bridgehead atoms. The zero-order valence-electron chi connectivity index (χ0n) is 19.4. The highest BCUT2D eigenvalue weighted by molar-refractivity contribution is 5.71. The Kier molecular flexibility index (Phi) is 6.07. The molecule has 2 N–H and O–H groups in total. The maximum Gasteiger partial charge on any atom is 0.0995 e. The van der Waals surface area contributed by atoms with Crippen molar-refractivity contribution in [3.8, 4) is 28.1 Å². The predicted molar refractivity (Wildman–Crippen MR) is 134 cm³/mol. The Hall–Kier alpha value is -3.28. The highest BCUT2D eigenvalue weighted by Crippen LogP contribution is 2.28. The van der Waals surface area contributed by atoms with Gasteiger partial charge in [-0.25, -0.2) is 4.98 Å². The van der Waals surface area contributed by atoms with Crippen LogP contribution in [-0.4, -0.2) is 38.6 Å². The standard InChI is InChI=1S/C28H31N5/c1-20-10-26(29)18-32(15-20)17-22-11-25(13-27(12-22)33-16-21(2)31-19-33)28-14-24(8-9-30-28)23-6-4-3-5-7-23/h3-9,11-14,16,19-20,26H,10,15,17-18,29H2,1-2H3. The molecule has 0 radical (unpaired) electrons. The van der Waals surface area contributed by atoms with E-state index in [-0.39, 0.29) is 6.04 Å². The number of benzene rings is 2. The maximum absolute atomic E-state index is 6.32. The van der Waals surface area contributed by atoms with E-state index in [9.17, 15) is 0 Å². The molecule has 2 aromatic heterocycles. The lowest BCUT2D eigenvalue weighted by Crippen LogP contribution is -2.45. The van der Waals surface area contributed by atoms with Crippen LogP contribution >= 0.6 is 0 Å². The van der Waals surface area contributed by atoms with E-state index < -0.39 is 0 Å². The first-order valence-electron chi connectivity index (χ1n) is 11.7. The number of imidazole rings is 1. The third kappa shape index (κ3) is 5.05. The molecule has 0 aliphatic carbocycles. The number of likely N-dealkylation sites (tertiary alicyclic amines) is 1. The number of piperidine rings is 1. The van der Waals surface area contributed by atoms with Crippen LogP contribution in [0.3, 0.4) is 0 Å². The van der Waals surface area contributed by atoms with Gasteiger partial charge in [0.1, 0.15) is 0 Å². The van der Waals surface area contributed by atoms with E-state index in [1.165, 1.54) is 16.7 Å². The van der Waals surface area contributed by atoms with Gasteiger partial charge in [0.05, 0.1) is 17.7 Å². The summed E-state index contributed by atoms with van der Waals surface area (Å²) in [5.41, 5.74) is 14.1. The van der Waals surface area contributed by atoms with Gasteiger partial charge in [-0.15, -0.1) is 0 Å². The number of nitrogens with two attached hydrogens (primary N) is 1. The fourth-order valence-electron chi connectivity index (χ4n) is 4.92. The fourth-order valence-corrected chi connectivity index (χ4v) is 4.92. The Morgan fingerprint density at radius 3 is 2.55 bits per heavy atom. The predicted octanol–water partition coefficient (Wildman–Crippen LogP) is 5.08. The quantitative estimate of drug-likeness (QED) is 0.473. The molecule has 33 heavy (non-hydrogen) atoms. The van der Waals surface area contributed by atoms with E-state index in [0.29, 0.717) is 5.92 Å². The molecule has 0 saturated carbocycles. The van der Waals surface area contributed by atoms with Crippen molar-refractivity contribution >= 4 is 0 Å². The molecule has 5 rings (SSSR count). The van der Waals surface area contributed by atoms with Crippen molar-refractivity contribution in [1.29, 1.82) is 0 Å². The van der Waals surface area contributed by atoms with Crippen LogP contribution in [0.1, 0.15) is 24.6 Å². The number of nitrogens with zero attached hydrogens (tertiary/aromatic N) is 4. The third-order valence-electron chi connectivity index (χ3n) is 6.32. The number of hydrogen-bond donors (Lipinski definition) is 1. The van der Waals surface area contributed by atoms with Crippen LogP contribution in [0.2, 0.25) is 0 Å². The van der Waals surface area contributed by atoms with Crippen LogP contribution in [0.25, 0.3) is 28.1 Å². The summed E-state index contributed by atoms with van der Waals surface area (Å²) >= 11 is 0.